The van der Waals surface area contributed by atoms with E-state index in [1.54, 1.807) is 0 Å². The highest BCUT2D eigenvalue weighted by atomic mass is 16.5. The van der Waals surface area contributed by atoms with Crippen molar-refractivity contribution in [1.82, 2.24) is 0 Å². The average molecular weight is 284 g/mol. The van der Waals surface area contributed by atoms with E-state index in [9.17, 15) is 19.8 Å². The zero-order chi connectivity index (χ0) is 14.5. The van der Waals surface area contributed by atoms with Gasteiger partial charge in [0.1, 0.15) is 0 Å². The van der Waals surface area contributed by atoms with Crippen molar-refractivity contribution in [2.45, 2.75) is 50.7 Å². The van der Waals surface area contributed by atoms with Crippen LogP contribution in [0.1, 0.15) is 38.5 Å². The summed E-state index contributed by atoms with van der Waals surface area (Å²) in [6.45, 7) is 1.23. The third-order valence-electron chi connectivity index (χ3n) is 3.79. The minimum Gasteiger partial charge on any atom is -0.478 e. The van der Waals surface area contributed by atoms with Crippen LogP contribution in [0, 0.1) is 0 Å². The van der Waals surface area contributed by atoms with Crippen molar-refractivity contribution < 1.29 is 29.3 Å². The fourth-order valence-electron chi connectivity index (χ4n) is 2.75. The molecule has 6 heteroatoms. The summed E-state index contributed by atoms with van der Waals surface area (Å²) in [4.78, 5) is 22.8. The SMILES string of the molecule is O=C(O)/C(CC1CCCO1)=C(\CC1CCCO1)C(=O)O. The summed E-state index contributed by atoms with van der Waals surface area (Å²) in [5.74, 6) is -2.34. The molecule has 0 bridgehead atoms. The third kappa shape index (κ3) is 3.80. The van der Waals surface area contributed by atoms with Crippen molar-refractivity contribution in [3.05, 3.63) is 11.1 Å². The average Bonchev–Trinajstić information content (AvgIpc) is 3.06. The first-order valence-corrected chi connectivity index (χ1v) is 6.99. The first-order valence-electron chi connectivity index (χ1n) is 6.99. The number of aliphatic carboxylic acids is 2. The Morgan fingerprint density at radius 3 is 1.50 bits per heavy atom. The molecule has 2 atom stereocenters. The molecular formula is C14H20O6. The number of carboxylic acid groups (broad SMARTS) is 2. The molecule has 0 aliphatic carbocycles. The summed E-state index contributed by atoms with van der Waals surface area (Å²) < 4.78 is 10.8. The number of rotatable bonds is 6. The zero-order valence-corrected chi connectivity index (χ0v) is 11.3. The van der Waals surface area contributed by atoms with Gasteiger partial charge in [0, 0.05) is 26.1 Å². The van der Waals surface area contributed by atoms with Crippen LogP contribution >= 0.6 is 0 Å². The second-order valence-corrected chi connectivity index (χ2v) is 5.25. The van der Waals surface area contributed by atoms with E-state index in [1.165, 1.54) is 0 Å². The van der Waals surface area contributed by atoms with Gasteiger partial charge in [0.15, 0.2) is 0 Å². The number of hydrogen-bond donors (Lipinski definition) is 2. The first-order chi connectivity index (χ1) is 9.58. The van der Waals surface area contributed by atoms with Crippen LogP contribution in [0.2, 0.25) is 0 Å². The van der Waals surface area contributed by atoms with Crippen LogP contribution in [0.4, 0.5) is 0 Å². The molecule has 0 aromatic rings. The summed E-state index contributed by atoms with van der Waals surface area (Å²) in [7, 11) is 0. The predicted octanol–water partition coefficient (Wildman–Crippen LogP) is 1.59. The lowest BCUT2D eigenvalue weighted by atomic mass is 9.95. The van der Waals surface area contributed by atoms with Crippen LogP contribution in [-0.4, -0.2) is 47.6 Å². The Bertz CT molecular complexity index is 364. The van der Waals surface area contributed by atoms with Crippen molar-refractivity contribution in [3.8, 4) is 0 Å². The van der Waals surface area contributed by atoms with E-state index < -0.39 is 11.9 Å². The van der Waals surface area contributed by atoms with E-state index in [-0.39, 0.29) is 36.2 Å². The maximum absolute atomic E-state index is 11.4. The van der Waals surface area contributed by atoms with E-state index in [1.807, 2.05) is 0 Å². The van der Waals surface area contributed by atoms with Gasteiger partial charge < -0.3 is 19.7 Å². The zero-order valence-electron chi connectivity index (χ0n) is 11.3. The quantitative estimate of drug-likeness (QED) is 0.719. The summed E-state index contributed by atoms with van der Waals surface area (Å²) >= 11 is 0. The van der Waals surface area contributed by atoms with Crippen LogP contribution < -0.4 is 0 Å². The maximum atomic E-state index is 11.4. The van der Waals surface area contributed by atoms with Crippen molar-refractivity contribution in [2.75, 3.05) is 13.2 Å². The summed E-state index contributed by atoms with van der Waals surface area (Å²) in [5, 5.41) is 18.6. The summed E-state index contributed by atoms with van der Waals surface area (Å²) in [6, 6.07) is 0. The van der Waals surface area contributed by atoms with E-state index in [0.717, 1.165) is 25.7 Å². The minimum absolute atomic E-state index is 0.0418. The Kier molecular flexibility index (Phi) is 5.14. The van der Waals surface area contributed by atoms with Crippen molar-refractivity contribution in [3.63, 3.8) is 0 Å². The molecule has 112 valence electrons. The maximum Gasteiger partial charge on any atom is 0.332 e. The topological polar surface area (TPSA) is 93.1 Å². The lowest BCUT2D eigenvalue weighted by molar-refractivity contribution is -0.136. The molecule has 2 rings (SSSR count). The normalized spacial score (nSPS) is 27.4. The molecule has 0 spiro atoms. The molecule has 2 N–H and O–H groups in total. The number of hydrogen-bond acceptors (Lipinski definition) is 4. The van der Waals surface area contributed by atoms with Gasteiger partial charge in [-0.1, -0.05) is 0 Å². The van der Waals surface area contributed by atoms with E-state index in [2.05, 4.69) is 0 Å². The van der Waals surface area contributed by atoms with Gasteiger partial charge in [-0.25, -0.2) is 9.59 Å². The lowest BCUT2D eigenvalue weighted by Gasteiger charge is -2.15. The van der Waals surface area contributed by atoms with Gasteiger partial charge >= 0.3 is 11.9 Å². The fraction of sp³-hybridized carbons (Fsp3) is 0.714. The van der Waals surface area contributed by atoms with Crippen LogP contribution in [0.3, 0.4) is 0 Å². The molecule has 2 aliphatic heterocycles. The molecule has 6 nitrogen and oxygen atoms in total. The highest BCUT2D eigenvalue weighted by molar-refractivity contribution is 5.98. The Morgan fingerprint density at radius 2 is 1.25 bits per heavy atom. The molecule has 0 aromatic heterocycles. The predicted molar refractivity (Wildman–Crippen MR) is 69.5 cm³/mol. The molecule has 0 amide bonds. The smallest absolute Gasteiger partial charge is 0.332 e. The van der Waals surface area contributed by atoms with Gasteiger partial charge in [-0.05, 0) is 25.7 Å². The van der Waals surface area contributed by atoms with Crippen LogP contribution in [-0.2, 0) is 19.1 Å². The Labute approximate surface area is 117 Å². The molecule has 0 saturated carbocycles. The Morgan fingerprint density at radius 1 is 0.850 bits per heavy atom. The Hall–Kier alpha value is -1.40. The van der Waals surface area contributed by atoms with Crippen molar-refractivity contribution >= 4 is 11.9 Å². The van der Waals surface area contributed by atoms with Gasteiger partial charge in [0.25, 0.3) is 0 Å². The van der Waals surface area contributed by atoms with Crippen LogP contribution in [0.15, 0.2) is 11.1 Å². The minimum atomic E-state index is -1.17. The number of ether oxygens (including phenoxy) is 2. The molecule has 2 saturated heterocycles. The molecular weight excluding hydrogens is 264 g/mol. The lowest BCUT2D eigenvalue weighted by Crippen LogP contribution is -2.20. The molecule has 2 unspecified atom stereocenters. The van der Waals surface area contributed by atoms with Gasteiger partial charge in [0.05, 0.1) is 23.4 Å². The Balaban J connectivity index is 2.16. The highest BCUT2D eigenvalue weighted by Crippen LogP contribution is 2.26. The second-order valence-electron chi connectivity index (χ2n) is 5.25. The van der Waals surface area contributed by atoms with Gasteiger partial charge in [0.2, 0.25) is 0 Å². The highest BCUT2D eigenvalue weighted by Gasteiger charge is 2.28. The molecule has 0 aromatic carbocycles. The third-order valence-corrected chi connectivity index (χ3v) is 3.79. The number of carbonyl (C=O) groups is 2. The molecule has 2 heterocycles. The van der Waals surface area contributed by atoms with E-state index in [0.29, 0.717) is 13.2 Å². The van der Waals surface area contributed by atoms with Gasteiger partial charge in [-0.2, -0.15) is 0 Å². The van der Waals surface area contributed by atoms with E-state index in [4.69, 9.17) is 9.47 Å². The fourth-order valence-corrected chi connectivity index (χ4v) is 2.75. The number of carboxylic acids is 2. The molecule has 2 aliphatic rings. The van der Waals surface area contributed by atoms with Crippen LogP contribution in [0.25, 0.3) is 0 Å². The van der Waals surface area contributed by atoms with Gasteiger partial charge in [-0.3, -0.25) is 0 Å². The van der Waals surface area contributed by atoms with Crippen molar-refractivity contribution in [2.24, 2.45) is 0 Å². The molecule has 2 fully saturated rings. The molecule has 0 radical (unpaired) electrons. The van der Waals surface area contributed by atoms with E-state index >= 15 is 0 Å². The first kappa shape index (κ1) is 15.0. The standard InChI is InChI=1S/C14H20O6/c15-13(16)11(7-9-3-1-5-19-9)12(14(17)18)8-10-4-2-6-20-10/h9-10H,1-8H2,(H,15,16)(H,17,18)/b12-11+. The van der Waals surface area contributed by atoms with Crippen LogP contribution in [0.5, 0.6) is 0 Å². The monoisotopic (exact) mass is 284 g/mol. The van der Waals surface area contributed by atoms with Crippen molar-refractivity contribution in [1.29, 1.82) is 0 Å². The summed E-state index contributed by atoms with van der Waals surface area (Å²) in [6.07, 6.45) is 3.30. The van der Waals surface area contributed by atoms with Gasteiger partial charge in [-0.15, -0.1) is 0 Å². The summed E-state index contributed by atoms with van der Waals surface area (Å²) in [5.41, 5.74) is -0.0835. The molecule has 20 heavy (non-hydrogen) atoms. The largest absolute Gasteiger partial charge is 0.478 e. The second kappa shape index (κ2) is 6.85.